The van der Waals surface area contributed by atoms with Gasteiger partial charge in [-0.2, -0.15) is 0 Å². The van der Waals surface area contributed by atoms with Crippen molar-refractivity contribution in [3.8, 4) is 5.75 Å². The minimum absolute atomic E-state index is 0.0117. The molecule has 1 unspecified atom stereocenters. The van der Waals surface area contributed by atoms with Gasteiger partial charge >= 0.3 is 0 Å². The number of amides is 1. The Labute approximate surface area is 167 Å². The molecule has 1 amide bonds. The van der Waals surface area contributed by atoms with Crippen molar-refractivity contribution in [2.24, 2.45) is 0 Å². The number of aryl methyl sites for hydroxylation is 1. The van der Waals surface area contributed by atoms with Gasteiger partial charge in [0, 0.05) is 24.4 Å². The number of rotatable bonds is 7. The third-order valence-corrected chi connectivity index (χ3v) is 5.28. The number of nitrogens with one attached hydrogen (secondary N) is 1. The lowest BCUT2D eigenvalue weighted by atomic mass is 9.86. The van der Waals surface area contributed by atoms with Gasteiger partial charge in [0.2, 0.25) is 5.91 Å². The number of benzene rings is 3. The molecule has 0 aromatic heterocycles. The van der Waals surface area contributed by atoms with Gasteiger partial charge in [-0.25, -0.2) is 0 Å². The van der Waals surface area contributed by atoms with Crippen LogP contribution in [0.2, 0.25) is 0 Å². The zero-order chi connectivity index (χ0) is 19.9. The van der Waals surface area contributed by atoms with Crippen molar-refractivity contribution in [1.29, 1.82) is 0 Å². The molecule has 0 aliphatic rings. The Morgan fingerprint density at radius 1 is 0.929 bits per heavy atom. The van der Waals surface area contributed by atoms with Gasteiger partial charge in [-0.15, -0.1) is 0 Å². The number of hydrogen-bond acceptors (Lipinski definition) is 2. The van der Waals surface area contributed by atoms with Crippen LogP contribution in [0.1, 0.15) is 40.2 Å². The fourth-order valence-corrected chi connectivity index (χ4v) is 3.44. The van der Waals surface area contributed by atoms with Crippen LogP contribution in [0, 0.1) is 13.8 Å². The summed E-state index contributed by atoms with van der Waals surface area (Å²) in [4.78, 5) is 12.7. The van der Waals surface area contributed by atoms with Crippen molar-refractivity contribution < 1.29 is 9.90 Å². The van der Waals surface area contributed by atoms with E-state index in [-0.39, 0.29) is 17.6 Å². The standard InChI is InChI=1S/C25H27NO2/c1-18-13-14-22(25(28)19(18)2)23(21-11-7-4-8-12-21)17-24(27)26-16-15-20-9-5-3-6-10-20/h3-14,23,28H,15-17H2,1-2H3,(H,26,27). The number of phenols is 1. The van der Waals surface area contributed by atoms with Crippen LogP contribution in [0.25, 0.3) is 0 Å². The van der Waals surface area contributed by atoms with E-state index in [2.05, 4.69) is 17.4 Å². The van der Waals surface area contributed by atoms with Crippen molar-refractivity contribution in [2.45, 2.75) is 32.6 Å². The zero-order valence-electron chi connectivity index (χ0n) is 16.5. The summed E-state index contributed by atoms with van der Waals surface area (Å²) < 4.78 is 0. The Kier molecular flexibility index (Phi) is 6.49. The first-order chi connectivity index (χ1) is 13.6. The molecule has 0 saturated heterocycles. The Morgan fingerprint density at radius 2 is 1.57 bits per heavy atom. The minimum atomic E-state index is -0.183. The molecule has 0 bridgehead atoms. The van der Waals surface area contributed by atoms with Crippen LogP contribution in [0.15, 0.2) is 72.8 Å². The van der Waals surface area contributed by atoms with Crippen molar-refractivity contribution in [3.63, 3.8) is 0 Å². The zero-order valence-corrected chi connectivity index (χ0v) is 16.5. The summed E-state index contributed by atoms with van der Waals surface area (Å²) in [6.07, 6.45) is 1.10. The first-order valence-corrected chi connectivity index (χ1v) is 9.71. The third kappa shape index (κ3) is 4.80. The molecular weight excluding hydrogens is 346 g/mol. The molecule has 0 aliphatic carbocycles. The highest BCUT2D eigenvalue weighted by Crippen LogP contribution is 2.36. The predicted octanol–water partition coefficient (Wildman–Crippen LogP) is 4.89. The average Bonchev–Trinajstić information content (AvgIpc) is 2.72. The van der Waals surface area contributed by atoms with E-state index in [1.807, 2.05) is 74.5 Å². The van der Waals surface area contributed by atoms with Gasteiger partial charge in [0.25, 0.3) is 0 Å². The Morgan fingerprint density at radius 3 is 2.25 bits per heavy atom. The summed E-state index contributed by atoms with van der Waals surface area (Å²) in [6, 6.07) is 24.0. The van der Waals surface area contributed by atoms with Crippen molar-refractivity contribution in [1.82, 2.24) is 5.32 Å². The largest absolute Gasteiger partial charge is 0.507 e. The predicted molar refractivity (Wildman–Crippen MR) is 114 cm³/mol. The molecule has 0 saturated carbocycles. The normalized spacial score (nSPS) is 11.8. The fourth-order valence-electron chi connectivity index (χ4n) is 3.44. The molecule has 3 nitrogen and oxygen atoms in total. The number of carbonyl (C=O) groups is 1. The molecule has 3 aromatic carbocycles. The lowest BCUT2D eigenvalue weighted by Crippen LogP contribution is -2.27. The van der Waals surface area contributed by atoms with E-state index in [1.54, 1.807) is 0 Å². The number of phenolic OH excluding ortho intramolecular Hbond substituents is 1. The van der Waals surface area contributed by atoms with Crippen LogP contribution in [0.3, 0.4) is 0 Å². The monoisotopic (exact) mass is 373 g/mol. The average molecular weight is 373 g/mol. The van der Waals surface area contributed by atoms with Crippen LogP contribution in [0.4, 0.5) is 0 Å². The Bertz CT molecular complexity index is 920. The summed E-state index contributed by atoms with van der Waals surface area (Å²) in [5, 5.41) is 13.7. The summed E-state index contributed by atoms with van der Waals surface area (Å²) in [7, 11) is 0. The Hall–Kier alpha value is -3.07. The summed E-state index contributed by atoms with van der Waals surface area (Å²) in [5.74, 6) is 0.0885. The molecule has 2 N–H and O–H groups in total. The van der Waals surface area contributed by atoms with Crippen LogP contribution in [-0.2, 0) is 11.2 Å². The maximum absolute atomic E-state index is 12.7. The highest BCUT2D eigenvalue weighted by atomic mass is 16.3. The second-order valence-electron chi connectivity index (χ2n) is 7.20. The first-order valence-electron chi connectivity index (χ1n) is 9.71. The maximum Gasteiger partial charge on any atom is 0.220 e. The molecule has 3 rings (SSSR count). The number of carbonyl (C=O) groups excluding carboxylic acids is 1. The molecule has 0 spiro atoms. The molecule has 0 aliphatic heterocycles. The molecule has 0 fully saturated rings. The molecule has 3 heteroatoms. The summed E-state index contributed by atoms with van der Waals surface area (Å²) in [5.41, 5.74) is 4.93. The highest BCUT2D eigenvalue weighted by molar-refractivity contribution is 5.78. The van der Waals surface area contributed by atoms with E-state index < -0.39 is 0 Å². The van der Waals surface area contributed by atoms with Gasteiger partial charge in [-0.3, -0.25) is 4.79 Å². The SMILES string of the molecule is Cc1ccc(C(CC(=O)NCCc2ccccc2)c2ccccc2)c(O)c1C. The topological polar surface area (TPSA) is 49.3 Å². The highest BCUT2D eigenvalue weighted by Gasteiger charge is 2.22. The van der Waals surface area contributed by atoms with Gasteiger partial charge in [-0.05, 0) is 42.5 Å². The number of aromatic hydroxyl groups is 1. The quantitative estimate of drug-likeness (QED) is 0.619. The second-order valence-corrected chi connectivity index (χ2v) is 7.20. The molecule has 1 atom stereocenters. The maximum atomic E-state index is 12.7. The molecule has 144 valence electrons. The Balaban J connectivity index is 1.75. The van der Waals surface area contributed by atoms with E-state index >= 15 is 0 Å². The fraction of sp³-hybridized carbons (Fsp3) is 0.240. The van der Waals surface area contributed by atoms with Crippen LogP contribution in [-0.4, -0.2) is 17.6 Å². The third-order valence-electron chi connectivity index (χ3n) is 5.28. The molecule has 3 aromatic rings. The van der Waals surface area contributed by atoms with E-state index in [9.17, 15) is 9.90 Å². The van der Waals surface area contributed by atoms with Crippen LogP contribution in [0.5, 0.6) is 5.75 Å². The van der Waals surface area contributed by atoms with Crippen molar-refractivity contribution in [2.75, 3.05) is 6.54 Å². The van der Waals surface area contributed by atoms with Crippen LogP contribution >= 0.6 is 0 Å². The van der Waals surface area contributed by atoms with E-state index in [1.165, 1.54) is 5.56 Å². The summed E-state index contributed by atoms with van der Waals surface area (Å²) >= 11 is 0. The van der Waals surface area contributed by atoms with Gasteiger partial charge in [0.15, 0.2) is 0 Å². The molecular formula is C25H27NO2. The lowest BCUT2D eigenvalue weighted by molar-refractivity contribution is -0.121. The van der Waals surface area contributed by atoms with E-state index in [4.69, 9.17) is 0 Å². The van der Waals surface area contributed by atoms with Gasteiger partial charge < -0.3 is 10.4 Å². The molecule has 28 heavy (non-hydrogen) atoms. The molecule has 0 radical (unpaired) electrons. The minimum Gasteiger partial charge on any atom is -0.507 e. The van der Waals surface area contributed by atoms with E-state index in [0.717, 1.165) is 28.7 Å². The van der Waals surface area contributed by atoms with Gasteiger partial charge in [-0.1, -0.05) is 72.8 Å². The number of hydrogen-bond donors (Lipinski definition) is 2. The van der Waals surface area contributed by atoms with Gasteiger partial charge in [0.1, 0.15) is 5.75 Å². The van der Waals surface area contributed by atoms with Crippen molar-refractivity contribution >= 4 is 5.91 Å². The van der Waals surface area contributed by atoms with Gasteiger partial charge in [0.05, 0.1) is 0 Å². The first kappa shape index (κ1) is 19.7. The van der Waals surface area contributed by atoms with Crippen molar-refractivity contribution in [3.05, 3.63) is 101 Å². The van der Waals surface area contributed by atoms with Crippen LogP contribution < -0.4 is 5.32 Å². The lowest BCUT2D eigenvalue weighted by Gasteiger charge is -2.20. The van der Waals surface area contributed by atoms with E-state index in [0.29, 0.717) is 13.0 Å². The second kappa shape index (κ2) is 9.23. The smallest absolute Gasteiger partial charge is 0.220 e. The molecule has 0 heterocycles. The summed E-state index contributed by atoms with van der Waals surface area (Å²) in [6.45, 7) is 4.49.